The normalized spacial score (nSPS) is 11.8. The molecule has 0 fully saturated rings. The first-order valence-corrected chi connectivity index (χ1v) is 8.25. The number of benzene rings is 1. The first kappa shape index (κ1) is 14.3. The molecule has 21 heavy (non-hydrogen) atoms. The third-order valence-electron chi connectivity index (χ3n) is 3.28. The van der Waals surface area contributed by atoms with Crippen molar-refractivity contribution in [1.82, 2.24) is 9.55 Å². The van der Waals surface area contributed by atoms with Crippen LogP contribution in [0.15, 0.2) is 33.4 Å². The Labute approximate surface area is 136 Å². The molecule has 0 aliphatic rings. The van der Waals surface area contributed by atoms with E-state index in [1.54, 1.807) is 11.3 Å². The molecular formula is C16H14BrN3S. The molecule has 0 N–H and O–H groups in total. The molecule has 0 amide bonds. The van der Waals surface area contributed by atoms with Gasteiger partial charge in [-0.2, -0.15) is 5.26 Å². The molecule has 106 valence electrons. The van der Waals surface area contributed by atoms with Crippen LogP contribution in [-0.2, 0) is 5.54 Å². The van der Waals surface area contributed by atoms with Crippen molar-refractivity contribution in [2.75, 3.05) is 0 Å². The predicted molar refractivity (Wildman–Crippen MR) is 90.5 cm³/mol. The first-order chi connectivity index (χ1) is 9.90. The van der Waals surface area contributed by atoms with E-state index in [4.69, 9.17) is 10.2 Å². The smallest absolute Gasteiger partial charge is 0.142 e. The predicted octanol–water partition coefficient (Wildman–Crippen LogP) is 5.15. The zero-order valence-electron chi connectivity index (χ0n) is 12.0. The fourth-order valence-electron chi connectivity index (χ4n) is 2.45. The van der Waals surface area contributed by atoms with E-state index in [2.05, 4.69) is 58.8 Å². The van der Waals surface area contributed by atoms with Crippen LogP contribution in [-0.4, -0.2) is 9.55 Å². The van der Waals surface area contributed by atoms with E-state index in [0.29, 0.717) is 5.56 Å². The van der Waals surface area contributed by atoms with Gasteiger partial charge in [-0.15, -0.1) is 11.3 Å². The number of rotatable bonds is 1. The van der Waals surface area contributed by atoms with Crippen molar-refractivity contribution >= 4 is 38.3 Å². The molecule has 3 aromatic rings. The monoisotopic (exact) mass is 359 g/mol. The van der Waals surface area contributed by atoms with Gasteiger partial charge >= 0.3 is 0 Å². The fourth-order valence-corrected chi connectivity index (χ4v) is 3.58. The van der Waals surface area contributed by atoms with Gasteiger partial charge in [0.05, 0.1) is 26.5 Å². The quantitative estimate of drug-likeness (QED) is 0.602. The van der Waals surface area contributed by atoms with Crippen LogP contribution in [0.3, 0.4) is 0 Å². The minimum Gasteiger partial charge on any atom is -0.319 e. The summed E-state index contributed by atoms with van der Waals surface area (Å²) in [6.07, 6.45) is 0. The Balaban J connectivity index is 2.35. The summed E-state index contributed by atoms with van der Waals surface area (Å²) < 4.78 is 3.32. The molecule has 0 aliphatic carbocycles. The molecule has 5 heteroatoms. The van der Waals surface area contributed by atoms with Crippen molar-refractivity contribution in [3.8, 4) is 17.5 Å². The number of thiophene rings is 1. The Kier molecular flexibility index (Phi) is 3.39. The summed E-state index contributed by atoms with van der Waals surface area (Å²) in [7, 11) is 0. The molecule has 0 unspecified atom stereocenters. The SMILES string of the molecule is CC(C)(C)n1c(-c2csc(Br)c2)nc2cc(C#N)ccc21. The maximum absolute atomic E-state index is 9.06. The van der Waals surface area contributed by atoms with Gasteiger partial charge < -0.3 is 4.57 Å². The highest BCUT2D eigenvalue weighted by molar-refractivity contribution is 9.11. The summed E-state index contributed by atoms with van der Waals surface area (Å²) in [6.45, 7) is 6.49. The Bertz CT molecular complexity index is 862. The van der Waals surface area contributed by atoms with Crippen molar-refractivity contribution < 1.29 is 0 Å². The van der Waals surface area contributed by atoms with E-state index in [-0.39, 0.29) is 5.54 Å². The van der Waals surface area contributed by atoms with E-state index in [0.717, 1.165) is 26.2 Å². The Morgan fingerprint density at radius 2 is 2.05 bits per heavy atom. The van der Waals surface area contributed by atoms with Crippen molar-refractivity contribution in [2.24, 2.45) is 0 Å². The largest absolute Gasteiger partial charge is 0.319 e. The molecule has 0 atom stereocenters. The number of nitrogens with zero attached hydrogens (tertiary/aromatic N) is 3. The van der Waals surface area contributed by atoms with Crippen LogP contribution in [0.5, 0.6) is 0 Å². The van der Waals surface area contributed by atoms with Crippen molar-refractivity contribution in [3.05, 3.63) is 39.0 Å². The topological polar surface area (TPSA) is 41.6 Å². The second-order valence-corrected chi connectivity index (χ2v) is 8.19. The summed E-state index contributed by atoms with van der Waals surface area (Å²) >= 11 is 5.16. The summed E-state index contributed by atoms with van der Waals surface area (Å²) in [5.41, 5.74) is 3.56. The Morgan fingerprint density at radius 1 is 1.29 bits per heavy atom. The van der Waals surface area contributed by atoms with E-state index in [1.807, 2.05) is 18.2 Å². The van der Waals surface area contributed by atoms with Crippen molar-refractivity contribution in [1.29, 1.82) is 5.26 Å². The number of fused-ring (bicyclic) bond motifs is 1. The number of imidazole rings is 1. The highest BCUT2D eigenvalue weighted by atomic mass is 79.9. The van der Waals surface area contributed by atoms with Gasteiger partial charge in [-0.3, -0.25) is 0 Å². The molecular weight excluding hydrogens is 346 g/mol. The molecule has 2 aromatic heterocycles. The first-order valence-electron chi connectivity index (χ1n) is 6.57. The van der Waals surface area contributed by atoms with Crippen molar-refractivity contribution in [2.45, 2.75) is 26.3 Å². The van der Waals surface area contributed by atoms with E-state index in [9.17, 15) is 0 Å². The van der Waals surface area contributed by atoms with Crippen LogP contribution in [0.4, 0.5) is 0 Å². The third-order valence-corrected chi connectivity index (χ3v) is 4.78. The average molecular weight is 360 g/mol. The average Bonchev–Trinajstić information content (AvgIpc) is 3.00. The van der Waals surface area contributed by atoms with Gasteiger partial charge in [-0.25, -0.2) is 4.98 Å². The third kappa shape index (κ3) is 2.50. The summed E-state index contributed by atoms with van der Waals surface area (Å²) in [4.78, 5) is 4.77. The molecule has 0 bridgehead atoms. The van der Waals surface area contributed by atoms with Gasteiger partial charge in [0.2, 0.25) is 0 Å². The highest BCUT2D eigenvalue weighted by Gasteiger charge is 2.23. The van der Waals surface area contributed by atoms with Gasteiger partial charge in [0.25, 0.3) is 0 Å². The van der Waals surface area contributed by atoms with Crippen LogP contribution < -0.4 is 0 Å². The van der Waals surface area contributed by atoms with Gasteiger partial charge in [-0.05, 0) is 61.0 Å². The van der Waals surface area contributed by atoms with E-state index in [1.165, 1.54) is 0 Å². The van der Waals surface area contributed by atoms with Gasteiger partial charge in [0, 0.05) is 16.5 Å². The maximum Gasteiger partial charge on any atom is 0.142 e. The zero-order chi connectivity index (χ0) is 15.2. The lowest BCUT2D eigenvalue weighted by atomic mass is 10.1. The molecule has 0 saturated carbocycles. The molecule has 0 saturated heterocycles. The summed E-state index contributed by atoms with van der Waals surface area (Å²) in [5, 5.41) is 11.2. The molecule has 2 heterocycles. The van der Waals surface area contributed by atoms with E-state index < -0.39 is 0 Å². The molecule has 0 radical (unpaired) electrons. The van der Waals surface area contributed by atoms with Crippen LogP contribution in [0, 0.1) is 11.3 Å². The zero-order valence-corrected chi connectivity index (χ0v) is 14.4. The minimum absolute atomic E-state index is 0.0906. The molecule has 1 aromatic carbocycles. The van der Waals surface area contributed by atoms with Crippen LogP contribution in [0.2, 0.25) is 0 Å². The number of nitriles is 1. The standard InChI is InChI=1S/C16H14BrN3S/c1-16(2,3)20-13-5-4-10(8-18)6-12(13)19-15(20)11-7-14(17)21-9-11/h4-7,9H,1-3H3. The van der Waals surface area contributed by atoms with Crippen LogP contribution >= 0.6 is 27.3 Å². The fraction of sp³-hybridized carbons (Fsp3) is 0.250. The molecule has 0 spiro atoms. The molecule has 0 aliphatic heterocycles. The van der Waals surface area contributed by atoms with Crippen molar-refractivity contribution in [3.63, 3.8) is 0 Å². The summed E-state index contributed by atoms with van der Waals surface area (Å²) in [5.74, 6) is 0.939. The maximum atomic E-state index is 9.06. The van der Waals surface area contributed by atoms with Crippen LogP contribution in [0.25, 0.3) is 22.4 Å². The number of hydrogen-bond acceptors (Lipinski definition) is 3. The number of halogens is 1. The van der Waals surface area contributed by atoms with E-state index >= 15 is 0 Å². The number of aromatic nitrogens is 2. The van der Waals surface area contributed by atoms with Gasteiger partial charge in [0.15, 0.2) is 0 Å². The molecule has 3 rings (SSSR count). The van der Waals surface area contributed by atoms with Gasteiger partial charge in [-0.1, -0.05) is 0 Å². The lowest BCUT2D eigenvalue weighted by Crippen LogP contribution is -2.22. The molecule has 3 nitrogen and oxygen atoms in total. The minimum atomic E-state index is -0.0906. The highest BCUT2D eigenvalue weighted by Crippen LogP contribution is 2.34. The van der Waals surface area contributed by atoms with Crippen LogP contribution in [0.1, 0.15) is 26.3 Å². The van der Waals surface area contributed by atoms with Gasteiger partial charge in [0.1, 0.15) is 5.82 Å². The lowest BCUT2D eigenvalue weighted by molar-refractivity contribution is 0.413. The second kappa shape index (κ2) is 4.97. The second-order valence-electron chi connectivity index (χ2n) is 5.90. The number of hydrogen-bond donors (Lipinski definition) is 0. The lowest BCUT2D eigenvalue weighted by Gasteiger charge is -2.24. The Morgan fingerprint density at radius 3 is 2.62 bits per heavy atom. The Hall–Kier alpha value is -1.64. The summed E-state index contributed by atoms with van der Waals surface area (Å²) in [6, 6.07) is 9.94.